The summed E-state index contributed by atoms with van der Waals surface area (Å²) in [6.07, 6.45) is 0. The molecule has 62 valence electrons. The first-order chi connectivity index (χ1) is 5.74. The van der Waals surface area contributed by atoms with Crippen molar-refractivity contribution in [3.05, 3.63) is 28.5 Å². The third kappa shape index (κ3) is 2.41. The Hall–Kier alpha value is -0.710. The van der Waals surface area contributed by atoms with Crippen molar-refractivity contribution in [1.29, 1.82) is 0 Å². The van der Waals surface area contributed by atoms with Crippen molar-refractivity contribution in [1.82, 2.24) is 4.98 Å². The van der Waals surface area contributed by atoms with Crippen LogP contribution in [-0.4, -0.2) is 10.9 Å². The Morgan fingerprint density at radius 3 is 2.83 bits per heavy atom. The maximum atomic E-state index is 5.81. The quantitative estimate of drug-likeness (QED) is 0.356. The van der Waals surface area contributed by atoms with Gasteiger partial charge in [-0.05, 0) is 19.1 Å². The molecular formula is C9H7Cl2N. The minimum absolute atomic E-state index is 0.310. The highest BCUT2D eigenvalue weighted by molar-refractivity contribution is 6.30. The topological polar surface area (TPSA) is 12.9 Å². The Morgan fingerprint density at radius 2 is 2.25 bits per heavy atom. The van der Waals surface area contributed by atoms with Gasteiger partial charge >= 0.3 is 0 Å². The average Bonchev–Trinajstić information content (AvgIpc) is 2.03. The molecule has 1 nitrogen and oxygen atoms in total. The maximum Gasteiger partial charge on any atom is 0.144 e. The molecule has 0 unspecified atom stereocenters. The van der Waals surface area contributed by atoms with Crippen LogP contribution >= 0.6 is 23.2 Å². The van der Waals surface area contributed by atoms with Crippen molar-refractivity contribution in [3.8, 4) is 11.8 Å². The number of hydrogen-bond donors (Lipinski definition) is 0. The molecular weight excluding hydrogens is 193 g/mol. The molecule has 0 amide bonds. The zero-order valence-corrected chi connectivity index (χ0v) is 8.08. The molecule has 0 aliphatic carbocycles. The third-order valence-corrected chi connectivity index (χ3v) is 1.70. The molecule has 0 aromatic carbocycles. The van der Waals surface area contributed by atoms with Crippen LogP contribution in [0.2, 0.25) is 5.15 Å². The van der Waals surface area contributed by atoms with E-state index in [4.69, 9.17) is 23.2 Å². The van der Waals surface area contributed by atoms with E-state index in [0.717, 1.165) is 11.3 Å². The van der Waals surface area contributed by atoms with Crippen molar-refractivity contribution in [2.75, 3.05) is 5.88 Å². The van der Waals surface area contributed by atoms with Crippen LogP contribution in [0.5, 0.6) is 0 Å². The van der Waals surface area contributed by atoms with E-state index in [1.807, 2.05) is 19.1 Å². The molecule has 12 heavy (non-hydrogen) atoms. The molecule has 1 heterocycles. The van der Waals surface area contributed by atoms with Crippen LogP contribution in [0, 0.1) is 18.8 Å². The van der Waals surface area contributed by atoms with Crippen LogP contribution in [-0.2, 0) is 0 Å². The SMILES string of the molecule is Cc1ccc(C#CCCl)c(Cl)n1. The van der Waals surface area contributed by atoms with E-state index in [1.54, 1.807) is 0 Å². The van der Waals surface area contributed by atoms with Gasteiger partial charge < -0.3 is 0 Å². The summed E-state index contributed by atoms with van der Waals surface area (Å²) in [5.74, 6) is 5.84. The van der Waals surface area contributed by atoms with Crippen molar-refractivity contribution >= 4 is 23.2 Å². The van der Waals surface area contributed by atoms with Gasteiger partial charge in [0.25, 0.3) is 0 Å². The van der Waals surface area contributed by atoms with E-state index >= 15 is 0 Å². The van der Waals surface area contributed by atoms with Crippen LogP contribution in [0.1, 0.15) is 11.3 Å². The molecule has 0 spiro atoms. The summed E-state index contributed by atoms with van der Waals surface area (Å²) < 4.78 is 0. The molecule has 0 fully saturated rings. The summed E-state index contributed by atoms with van der Waals surface area (Å²) in [6.45, 7) is 1.88. The van der Waals surface area contributed by atoms with E-state index in [2.05, 4.69) is 16.8 Å². The lowest BCUT2D eigenvalue weighted by Gasteiger charge is -1.95. The molecule has 0 N–H and O–H groups in total. The molecule has 0 bridgehead atoms. The van der Waals surface area contributed by atoms with Gasteiger partial charge in [0.15, 0.2) is 0 Å². The summed E-state index contributed by atoms with van der Waals surface area (Å²) in [5.41, 5.74) is 1.61. The van der Waals surface area contributed by atoms with Gasteiger partial charge in [-0.2, -0.15) is 0 Å². The van der Waals surface area contributed by atoms with Gasteiger partial charge in [0.1, 0.15) is 5.15 Å². The fourth-order valence-electron chi connectivity index (χ4n) is 0.747. The molecule has 0 saturated heterocycles. The molecule has 0 aliphatic heterocycles. The van der Waals surface area contributed by atoms with Gasteiger partial charge in [0, 0.05) is 5.69 Å². The summed E-state index contributed by atoms with van der Waals surface area (Å²) in [5, 5.41) is 0.438. The lowest BCUT2D eigenvalue weighted by atomic mass is 10.2. The highest BCUT2D eigenvalue weighted by atomic mass is 35.5. The number of nitrogens with zero attached hydrogens (tertiary/aromatic N) is 1. The summed E-state index contributed by atoms with van der Waals surface area (Å²) in [4.78, 5) is 4.05. The van der Waals surface area contributed by atoms with Gasteiger partial charge in [-0.25, -0.2) is 4.98 Å². The first-order valence-corrected chi connectivity index (χ1v) is 4.33. The Morgan fingerprint density at radius 1 is 1.50 bits per heavy atom. The van der Waals surface area contributed by atoms with E-state index in [0.29, 0.717) is 11.0 Å². The Labute approximate surface area is 81.7 Å². The minimum atomic E-state index is 0.310. The zero-order chi connectivity index (χ0) is 8.97. The highest BCUT2D eigenvalue weighted by Gasteiger charge is 1.96. The van der Waals surface area contributed by atoms with Crippen LogP contribution < -0.4 is 0 Å². The largest absolute Gasteiger partial charge is 0.240 e. The summed E-state index contributed by atoms with van der Waals surface area (Å²) in [6, 6.07) is 3.70. The average molecular weight is 200 g/mol. The molecule has 0 atom stereocenters. The first kappa shape index (κ1) is 9.38. The van der Waals surface area contributed by atoms with E-state index in [1.165, 1.54) is 0 Å². The van der Waals surface area contributed by atoms with E-state index < -0.39 is 0 Å². The first-order valence-electron chi connectivity index (χ1n) is 3.42. The maximum absolute atomic E-state index is 5.81. The number of aromatic nitrogens is 1. The zero-order valence-electron chi connectivity index (χ0n) is 6.56. The molecule has 3 heteroatoms. The molecule has 0 saturated carbocycles. The fraction of sp³-hybridized carbons (Fsp3) is 0.222. The Balaban J connectivity index is 3.01. The second-order valence-electron chi connectivity index (χ2n) is 2.23. The second-order valence-corrected chi connectivity index (χ2v) is 2.85. The lowest BCUT2D eigenvalue weighted by molar-refractivity contribution is 1.19. The molecule has 0 radical (unpaired) electrons. The number of halogens is 2. The smallest absolute Gasteiger partial charge is 0.144 e. The summed E-state index contributed by atoms with van der Waals surface area (Å²) in [7, 11) is 0. The Bertz CT molecular complexity index is 336. The van der Waals surface area contributed by atoms with Crippen LogP contribution in [0.3, 0.4) is 0 Å². The fourth-order valence-corrected chi connectivity index (χ4v) is 1.06. The molecule has 1 rings (SSSR count). The standard InChI is InChI=1S/C9H7Cl2N/c1-7-4-5-8(3-2-6-10)9(11)12-7/h4-5H,6H2,1H3. The molecule has 1 aromatic heterocycles. The third-order valence-electron chi connectivity index (χ3n) is 1.28. The summed E-state index contributed by atoms with van der Waals surface area (Å²) >= 11 is 11.2. The lowest BCUT2D eigenvalue weighted by Crippen LogP contribution is -1.85. The van der Waals surface area contributed by atoms with E-state index in [9.17, 15) is 0 Å². The van der Waals surface area contributed by atoms with Gasteiger partial charge in [-0.15, -0.1) is 11.6 Å². The predicted octanol–water partition coefficient (Wildman–Crippen LogP) is 2.63. The van der Waals surface area contributed by atoms with Gasteiger partial charge in [0.2, 0.25) is 0 Å². The van der Waals surface area contributed by atoms with Crippen molar-refractivity contribution in [2.45, 2.75) is 6.92 Å². The number of rotatable bonds is 0. The van der Waals surface area contributed by atoms with Crippen LogP contribution in [0.4, 0.5) is 0 Å². The van der Waals surface area contributed by atoms with Gasteiger partial charge in [0.05, 0.1) is 11.4 Å². The number of pyridine rings is 1. The van der Waals surface area contributed by atoms with Gasteiger partial charge in [-0.1, -0.05) is 23.4 Å². The number of aryl methyl sites for hydroxylation is 1. The molecule has 1 aromatic rings. The normalized spacial score (nSPS) is 8.92. The molecule has 0 aliphatic rings. The van der Waals surface area contributed by atoms with Gasteiger partial charge in [-0.3, -0.25) is 0 Å². The number of hydrogen-bond acceptors (Lipinski definition) is 1. The highest BCUT2D eigenvalue weighted by Crippen LogP contribution is 2.11. The number of alkyl halides is 1. The second kappa shape index (κ2) is 4.35. The van der Waals surface area contributed by atoms with Crippen LogP contribution in [0.15, 0.2) is 12.1 Å². The predicted molar refractivity (Wildman–Crippen MR) is 51.6 cm³/mol. The minimum Gasteiger partial charge on any atom is -0.240 e. The van der Waals surface area contributed by atoms with Crippen LogP contribution in [0.25, 0.3) is 0 Å². The monoisotopic (exact) mass is 199 g/mol. The van der Waals surface area contributed by atoms with Crippen molar-refractivity contribution in [3.63, 3.8) is 0 Å². The Kier molecular flexibility index (Phi) is 3.40. The van der Waals surface area contributed by atoms with Crippen molar-refractivity contribution in [2.24, 2.45) is 0 Å². The van der Waals surface area contributed by atoms with E-state index in [-0.39, 0.29) is 0 Å². The van der Waals surface area contributed by atoms with Crippen molar-refractivity contribution < 1.29 is 0 Å².